The van der Waals surface area contributed by atoms with Crippen molar-refractivity contribution in [1.82, 2.24) is 5.32 Å². The average molecular weight is 264 g/mol. The molecule has 2 aliphatic rings. The van der Waals surface area contributed by atoms with Crippen LogP contribution in [0.25, 0.3) is 0 Å². The Balaban J connectivity index is 1.85. The Morgan fingerprint density at radius 1 is 1.37 bits per heavy atom. The fourth-order valence-corrected chi connectivity index (χ4v) is 2.41. The highest BCUT2D eigenvalue weighted by atomic mass is 16.7. The van der Waals surface area contributed by atoms with Crippen molar-refractivity contribution in [2.45, 2.75) is 12.5 Å². The molecule has 3 rings (SSSR count). The molecule has 0 aliphatic carbocycles. The van der Waals surface area contributed by atoms with Crippen LogP contribution in [0.4, 0.5) is 10.5 Å². The number of benzene rings is 1. The number of carbonyl (C=O) groups excluding carboxylic acids is 1. The average Bonchev–Trinajstić information content (AvgIpc) is 2.93. The van der Waals surface area contributed by atoms with Crippen LogP contribution in [-0.4, -0.2) is 38.6 Å². The standard InChI is InChI=1S/C13H16N2O4/c1-13(6-14-2)7-15(12(16)19-13)9-3-4-10-11(5-9)18-8-17-10/h3-5,14H,6-8H2,1-2H3. The largest absolute Gasteiger partial charge is 0.454 e. The van der Waals surface area contributed by atoms with Gasteiger partial charge in [-0.1, -0.05) is 0 Å². The van der Waals surface area contributed by atoms with Gasteiger partial charge in [0.2, 0.25) is 6.79 Å². The van der Waals surface area contributed by atoms with Crippen LogP contribution in [0.3, 0.4) is 0 Å². The number of ether oxygens (including phenoxy) is 3. The first-order valence-corrected chi connectivity index (χ1v) is 6.16. The first-order chi connectivity index (χ1) is 9.11. The van der Waals surface area contributed by atoms with Crippen molar-refractivity contribution < 1.29 is 19.0 Å². The molecule has 1 N–H and O–H groups in total. The Hall–Kier alpha value is -1.95. The van der Waals surface area contributed by atoms with Crippen LogP contribution in [0, 0.1) is 0 Å². The fourth-order valence-electron chi connectivity index (χ4n) is 2.41. The Labute approximate surface area is 111 Å². The minimum atomic E-state index is -0.512. The Kier molecular flexibility index (Phi) is 2.74. The lowest BCUT2D eigenvalue weighted by Crippen LogP contribution is -2.40. The van der Waals surface area contributed by atoms with Gasteiger partial charge in [-0.2, -0.15) is 0 Å². The molecule has 1 fully saturated rings. The number of rotatable bonds is 3. The molecule has 6 heteroatoms. The molecule has 0 radical (unpaired) electrons. The molecular weight excluding hydrogens is 248 g/mol. The second kappa shape index (κ2) is 4.31. The van der Waals surface area contributed by atoms with Crippen molar-refractivity contribution in [3.05, 3.63) is 18.2 Å². The smallest absolute Gasteiger partial charge is 0.415 e. The first-order valence-electron chi connectivity index (χ1n) is 6.16. The highest BCUT2D eigenvalue weighted by molar-refractivity contribution is 5.90. The third kappa shape index (κ3) is 2.08. The Morgan fingerprint density at radius 2 is 2.16 bits per heavy atom. The van der Waals surface area contributed by atoms with Crippen LogP contribution in [0.15, 0.2) is 18.2 Å². The van der Waals surface area contributed by atoms with Gasteiger partial charge in [0.05, 0.1) is 12.2 Å². The van der Waals surface area contributed by atoms with Crippen LogP contribution in [0.1, 0.15) is 6.92 Å². The van der Waals surface area contributed by atoms with E-state index in [1.54, 1.807) is 17.0 Å². The van der Waals surface area contributed by atoms with Gasteiger partial charge in [-0.05, 0) is 26.1 Å². The zero-order chi connectivity index (χ0) is 13.5. The van der Waals surface area contributed by atoms with Crippen LogP contribution >= 0.6 is 0 Å². The molecule has 0 spiro atoms. The molecule has 1 aromatic carbocycles. The quantitative estimate of drug-likeness (QED) is 0.893. The maximum atomic E-state index is 12.0. The topological polar surface area (TPSA) is 60.0 Å². The molecule has 0 bridgehead atoms. The van der Waals surface area contributed by atoms with E-state index in [1.165, 1.54) is 0 Å². The normalized spacial score (nSPS) is 24.7. The van der Waals surface area contributed by atoms with Gasteiger partial charge in [0.25, 0.3) is 0 Å². The molecule has 1 unspecified atom stereocenters. The molecule has 1 aromatic rings. The van der Waals surface area contributed by atoms with Crippen LogP contribution in [-0.2, 0) is 4.74 Å². The van der Waals surface area contributed by atoms with E-state index >= 15 is 0 Å². The van der Waals surface area contributed by atoms with Crippen molar-refractivity contribution in [3.63, 3.8) is 0 Å². The molecule has 2 aliphatic heterocycles. The maximum Gasteiger partial charge on any atom is 0.415 e. The van der Waals surface area contributed by atoms with Crippen molar-refractivity contribution in [2.75, 3.05) is 31.8 Å². The van der Waals surface area contributed by atoms with Gasteiger partial charge in [0, 0.05) is 12.6 Å². The van der Waals surface area contributed by atoms with Gasteiger partial charge >= 0.3 is 6.09 Å². The number of fused-ring (bicyclic) bond motifs is 1. The van der Waals surface area contributed by atoms with E-state index in [2.05, 4.69) is 5.32 Å². The summed E-state index contributed by atoms with van der Waals surface area (Å²) in [6, 6.07) is 5.44. The summed E-state index contributed by atoms with van der Waals surface area (Å²) >= 11 is 0. The first kappa shape index (κ1) is 12.1. The number of carbonyl (C=O) groups is 1. The molecule has 19 heavy (non-hydrogen) atoms. The molecule has 1 atom stereocenters. The lowest BCUT2D eigenvalue weighted by atomic mass is 10.1. The number of cyclic esters (lactones) is 1. The summed E-state index contributed by atoms with van der Waals surface area (Å²) in [5.41, 5.74) is 0.247. The van der Waals surface area contributed by atoms with Crippen molar-refractivity contribution in [2.24, 2.45) is 0 Å². The molecule has 2 heterocycles. The van der Waals surface area contributed by atoms with Crippen LogP contribution in [0.2, 0.25) is 0 Å². The number of amides is 1. The molecular formula is C13H16N2O4. The summed E-state index contributed by atoms with van der Waals surface area (Å²) in [6.45, 7) is 3.25. The van der Waals surface area contributed by atoms with Gasteiger partial charge in [-0.3, -0.25) is 4.90 Å². The zero-order valence-electron chi connectivity index (χ0n) is 10.9. The number of nitrogens with one attached hydrogen (secondary N) is 1. The molecule has 1 amide bonds. The number of likely N-dealkylation sites (N-methyl/N-ethyl adjacent to an activating group) is 1. The maximum absolute atomic E-state index is 12.0. The van der Waals surface area contributed by atoms with E-state index in [-0.39, 0.29) is 12.9 Å². The zero-order valence-corrected chi connectivity index (χ0v) is 10.9. The summed E-state index contributed by atoms with van der Waals surface area (Å²) in [5, 5.41) is 3.04. The highest BCUT2D eigenvalue weighted by Gasteiger charge is 2.41. The summed E-state index contributed by atoms with van der Waals surface area (Å²) in [6.07, 6.45) is -0.336. The minimum Gasteiger partial charge on any atom is -0.454 e. The van der Waals surface area contributed by atoms with Crippen molar-refractivity contribution in [1.29, 1.82) is 0 Å². The van der Waals surface area contributed by atoms with Crippen molar-refractivity contribution in [3.8, 4) is 11.5 Å². The predicted octanol–water partition coefficient (Wildman–Crippen LogP) is 1.35. The monoisotopic (exact) mass is 264 g/mol. The fraction of sp³-hybridized carbons (Fsp3) is 0.462. The second-order valence-electron chi connectivity index (χ2n) is 4.97. The van der Waals surface area contributed by atoms with E-state index in [9.17, 15) is 4.79 Å². The van der Waals surface area contributed by atoms with Crippen LogP contribution in [0.5, 0.6) is 11.5 Å². The van der Waals surface area contributed by atoms with Gasteiger partial charge in [0.1, 0.15) is 5.60 Å². The van der Waals surface area contributed by atoms with Gasteiger partial charge < -0.3 is 19.5 Å². The molecule has 0 saturated carbocycles. The molecule has 102 valence electrons. The second-order valence-corrected chi connectivity index (χ2v) is 4.97. The van der Waals surface area contributed by atoms with Gasteiger partial charge in [0.15, 0.2) is 11.5 Å². The summed E-state index contributed by atoms with van der Waals surface area (Å²) in [5.74, 6) is 1.36. The van der Waals surface area contributed by atoms with E-state index in [0.717, 1.165) is 5.69 Å². The number of anilines is 1. The predicted molar refractivity (Wildman–Crippen MR) is 68.7 cm³/mol. The van der Waals surface area contributed by atoms with Crippen molar-refractivity contribution >= 4 is 11.8 Å². The Bertz CT molecular complexity index is 519. The van der Waals surface area contributed by atoms with Gasteiger partial charge in [-0.15, -0.1) is 0 Å². The lowest BCUT2D eigenvalue weighted by Gasteiger charge is -2.21. The summed E-state index contributed by atoms with van der Waals surface area (Å²) < 4.78 is 16.0. The van der Waals surface area contributed by atoms with Gasteiger partial charge in [-0.25, -0.2) is 4.79 Å². The lowest BCUT2D eigenvalue weighted by molar-refractivity contribution is 0.0734. The van der Waals surface area contributed by atoms with E-state index < -0.39 is 5.60 Å². The molecule has 0 aromatic heterocycles. The number of hydrogen-bond acceptors (Lipinski definition) is 5. The third-order valence-electron chi connectivity index (χ3n) is 3.27. The minimum absolute atomic E-state index is 0.223. The van der Waals surface area contributed by atoms with Crippen LogP contribution < -0.4 is 19.7 Å². The molecule has 1 saturated heterocycles. The van der Waals surface area contributed by atoms with E-state index in [1.807, 2.05) is 20.0 Å². The summed E-state index contributed by atoms with van der Waals surface area (Å²) in [4.78, 5) is 13.6. The Morgan fingerprint density at radius 3 is 2.95 bits per heavy atom. The summed E-state index contributed by atoms with van der Waals surface area (Å²) in [7, 11) is 1.84. The molecule has 6 nitrogen and oxygen atoms in total. The van der Waals surface area contributed by atoms with E-state index in [4.69, 9.17) is 14.2 Å². The highest BCUT2D eigenvalue weighted by Crippen LogP contribution is 2.37. The van der Waals surface area contributed by atoms with E-state index in [0.29, 0.717) is 24.6 Å². The number of nitrogens with zero attached hydrogens (tertiary/aromatic N) is 1. The number of hydrogen-bond donors (Lipinski definition) is 1. The SMILES string of the molecule is CNCC1(C)CN(c2ccc3c(c2)OCO3)C(=O)O1. The third-order valence-corrected chi connectivity index (χ3v) is 3.27.